The molecule has 134 valence electrons. The molecule has 6 nitrogen and oxygen atoms in total. The summed E-state index contributed by atoms with van der Waals surface area (Å²) in [5.41, 5.74) is 1.27. The number of sulfonamides is 1. The summed E-state index contributed by atoms with van der Waals surface area (Å²) in [5.74, 6) is -0.761. The third-order valence-electron chi connectivity index (χ3n) is 3.53. The topological polar surface area (TPSA) is 92.7 Å². The van der Waals surface area contributed by atoms with Crippen LogP contribution in [0, 0.1) is 6.92 Å². The molecule has 0 fully saturated rings. The number of ether oxygens (including phenoxy) is 1. The second-order valence-electron chi connectivity index (χ2n) is 5.64. The number of hydrogen-bond donors (Lipinski definition) is 2. The van der Waals surface area contributed by atoms with Crippen LogP contribution in [0.2, 0.25) is 0 Å². The molecule has 0 heterocycles. The summed E-state index contributed by atoms with van der Waals surface area (Å²) in [6.07, 6.45) is 1.78. The maximum atomic E-state index is 12.7. The van der Waals surface area contributed by atoms with Crippen LogP contribution in [0.3, 0.4) is 0 Å². The van der Waals surface area contributed by atoms with Crippen molar-refractivity contribution >= 4 is 21.7 Å². The Morgan fingerprint density at radius 1 is 1.16 bits per heavy atom. The third kappa shape index (κ3) is 4.96. The van der Waals surface area contributed by atoms with E-state index in [1.54, 1.807) is 12.1 Å². The molecule has 0 saturated carbocycles. The Morgan fingerprint density at radius 2 is 1.84 bits per heavy atom. The molecule has 0 radical (unpaired) electrons. The number of nitrogens with one attached hydrogen (secondary N) is 1. The highest BCUT2D eigenvalue weighted by Crippen LogP contribution is 2.27. The van der Waals surface area contributed by atoms with E-state index >= 15 is 0 Å². The summed E-state index contributed by atoms with van der Waals surface area (Å²) in [6, 6.07) is 10.4. The standard InChI is InChI=1S/C18H21NO5S/c1-3-4-11-24-16-12-13(2)5-10-17(16)25(22,23)19-15-8-6-14(7-9-15)18(20)21/h5-10,12,19H,3-4,11H2,1-2H3,(H,20,21). The molecule has 0 aliphatic carbocycles. The highest BCUT2D eigenvalue weighted by molar-refractivity contribution is 7.92. The zero-order valence-electron chi connectivity index (χ0n) is 14.2. The molecule has 0 amide bonds. The SMILES string of the molecule is CCCCOc1cc(C)ccc1S(=O)(=O)Nc1ccc(C(=O)O)cc1. The van der Waals surface area contributed by atoms with E-state index in [1.807, 2.05) is 13.8 Å². The molecule has 0 atom stereocenters. The van der Waals surface area contributed by atoms with Crippen molar-refractivity contribution in [1.29, 1.82) is 0 Å². The molecule has 7 heteroatoms. The van der Waals surface area contributed by atoms with Crippen LogP contribution in [0.4, 0.5) is 5.69 Å². The zero-order valence-corrected chi connectivity index (χ0v) is 15.0. The summed E-state index contributed by atoms with van der Waals surface area (Å²) in [6.45, 7) is 4.33. The van der Waals surface area contributed by atoms with Gasteiger partial charge in [-0.3, -0.25) is 4.72 Å². The number of rotatable bonds is 8. The minimum atomic E-state index is -3.85. The first-order valence-corrected chi connectivity index (χ1v) is 9.41. The quantitative estimate of drug-likeness (QED) is 0.698. The molecule has 2 rings (SSSR count). The summed E-state index contributed by atoms with van der Waals surface area (Å²) >= 11 is 0. The molecule has 0 aromatic heterocycles. The predicted molar refractivity (Wildman–Crippen MR) is 95.8 cm³/mol. The molecular weight excluding hydrogens is 342 g/mol. The lowest BCUT2D eigenvalue weighted by atomic mass is 10.2. The second-order valence-corrected chi connectivity index (χ2v) is 7.29. The van der Waals surface area contributed by atoms with E-state index < -0.39 is 16.0 Å². The lowest BCUT2D eigenvalue weighted by Crippen LogP contribution is -2.15. The number of aromatic carboxylic acids is 1. The lowest BCUT2D eigenvalue weighted by molar-refractivity contribution is 0.0697. The van der Waals surface area contributed by atoms with Crippen LogP contribution in [-0.2, 0) is 10.0 Å². The first-order chi connectivity index (χ1) is 11.8. The Balaban J connectivity index is 2.27. The Morgan fingerprint density at radius 3 is 2.44 bits per heavy atom. The normalized spacial score (nSPS) is 11.1. The first kappa shape index (κ1) is 18.8. The van der Waals surface area contributed by atoms with Crippen molar-refractivity contribution in [1.82, 2.24) is 0 Å². The van der Waals surface area contributed by atoms with Crippen LogP contribution in [0.1, 0.15) is 35.7 Å². The van der Waals surface area contributed by atoms with E-state index in [2.05, 4.69) is 4.72 Å². The number of carboxylic acids is 1. The number of anilines is 1. The fourth-order valence-corrected chi connectivity index (χ4v) is 3.35. The molecule has 0 unspecified atom stereocenters. The van der Waals surface area contributed by atoms with Crippen LogP contribution in [-0.4, -0.2) is 26.1 Å². The van der Waals surface area contributed by atoms with Gasteiger partial charge in [-0.05, 0) is 55.3 Å². The maximum Gasteiger partial charge on any atom is 0.335 e. The van der Waals surface area contributed by atoms with Gasteiger partial charge >= 0.3 is 5.97 Å². The minimum Gasteiger partial charge on any atom is -0.492 e. The molecule has 25 heavy (non-hydrogen) atoms. The van der Waals surface area contributed by atoms with Crippen LogP contribution in [0.15, 0.2) is 47.4 Å². The second kappa shape index (κ2) is 8.02. The summed E-state index contributed by atoms with van der Waals surface area (Å²) in [4.78, 5) is 10.9. The van der Waals surface area contributed by atoms with Crippen LogP contribution in [0.25, 0.3) is 0 Å². The molecule has 0 spiro atoms. The Labute approximate surface area is 147 Å². The number of benzene rings is 2. The fraction of sp³-hybridized carbons (Fsp3) is 0.278. The van der Waals surface area contributed by atoms with E-state index in [1.165, 1.54) is 30.3 Å². The van der Waals surface area contributed by atoms with Gasteiger partial charge in [-0.2, -0.15) is 0 Å². The fourth-order valence-electron chi connectivity index (χ4n) is 2.17. The van der Waals surface area contributed by atoms with Crippen LogP contribution < -0.4 is 9.46 Å². The van der Waals surface area contributed by atoms with Gasteiger partial charge in [0.25, 0.3) is 10.0 Å². The van der Waals surface area contributed by atoms with Gasteiger partial charge in [0.15, 0.2) is 0 Å². The lowest BCUT2D eigenvalue weighted by Gasteiger charge is -2.14. The molecule has 2 aromatic carbocycles. The maximum absolute atomic E-state index is 12.7. The number of hydrogen-bond acceptors (Lipinski definition) is 4. The molecular formula is C18H21NO5S. The molecule has 0 aliphatic rings. The first-order valence-electron chi connectivity index (χ1n) is 7.93. The van der Waals surface area contributed by atoms with E-state index in [0.717, 1.165) is 18.4 Å². The zero-order chi connectivity index (χ0) is 18.4. The van der Waals surface area contributed by atoms with Gasteiger partial charge in [-0.15, -0.1) is 0 Å². The van der Waals surface area contributed by atoms with Crippen molar-refractivity contribution in [3.8, 4) is 5.75 Å². The molecule has 2 N–H and O–H groups in total. The average molecular weight is 363 g/mol. The van der Waals surface area contributed by atoms with Crippen molar-refractivity contribution in [2.24, 2.45) is 0 Å². The predicted octanol–water partition coefficient (Wildman–Crippen LogP) is 3.67. The Bertz CT molecular complexity index is 844. The Hall–Kier alpha value is -2.54. The Kier molecular flexibility index (Phi) is 6.03. The van der Waals surface area contributed by atoms with Crippen molar-refractivity contribution in [3.63, 3.8) is 0 Å². The van der Waals surface area contributed by atoms with Gasteiger partial charge in [0.1, 0.15) is 10.6 Å². The van der Waals surface area contributed by atoms with E-state index in [-0.39, 0.29) is 16.1 Å². The monoisotopic (exact) mass is 363 g/mol. The molecule has 0 saturated heterocycles. The van der Waals surface area contributed by atoms with Crippen LogP contribution in [0.5, 0.6) is 5.75 Å². The van der Waals surface area contributed by atoms with Crippen molar-refractivity contribution in [3.05, 3.63) is 53.6 Å². The largest absolute Gasteiger partial charge is 0.492 e. The highest BCUT2D eigenvalue weighted by Gasteiger charge is 2.20. The van der Waals surface area contributed by atoms with E-state index in [0.29, 0.717) is 12.4 Å². The molecule has 0 aliphatic heterocycles. The summed E-state index contributed by atoms with van der Waals surface area (Å²) < 4.78 is 33.4. The minimum absolute atomic E-state index is 0.0523. The van der Waals surface area contributed by atoms with Crippen molar-refractivity contribution in [2.45, 2.75) is 31.6 Å². The van der Waals surface area contributed by atoms with Gasteiger partial charge in [0.2, 0.25) is 0 Å². The van der Waals surface area contributed by atoms with Gasteiger partial charge in [0.05, 0.1) is 12.2 Å². The van der Waals surface area contributed by atoms with Crippen molar-refractivity contribution in [2.75, 3.05) is 11.3 Å². The van der Waals surface area contributed by atoms with Gasteiger partial charge in [0, 0.05) is 5.69 Å². The van der Waals surface area contributed by atoms with Gasteiger partial charge < -0.3 is 9.84 Å². The van der Waals surface area contributed by atoms with Gasteiger partial charge in [-0.1, -0.05) is 19.4 Å². The summed E-state index contributed by atoms with van der Waals surface area (Å²) in [7, 11) is -3.85. The number of aryl methyl sites for hydroxylation is 1. The van der Waals surface area contributed by atoms with Crippen molar-refractivity contribution < 1.29 is 23.1 Å². The molecule has 0 bridgehead atoms. The smallest absolute Gasteiger partial charge is 0.335 e. The number of carboxylic acid groups (broad SMARTS) is 1. The third-order valence-corrected chi connectivity index (χ3v) is 4.95. The van der Waals surface area contributed by atoms with E-state index in [4.69, 9.17) is 9.84 Å². The highest BCUT2D eigenvalue weighted by atomic mass is 32.2. The summed E-state index contributed by atoms with van der Waals surface area (Å²) in [5, 5.41) is 8.90. The van der Waals surface area contributed by atoms with Crippen LogP contribution >= 0.6 is 0 Å². The van der Waals surface area contributed by atoms with E-state index in [9.17, 15) is 13.2 Å². The molecule has 2 aromatic rings. The number of carbonyl (C=O) groups is 1. The van der Waals surface area contributed by atoms with Gasteiger partial charge in [-0.25, -0.2) is 13.2 Å². The average Bonchev–Trinajstić information content (AvgIpc) is 2.55. The number of unbranched alkanes of at least 4 members (excludes halogenated alkanes) is 1.